The van der Waals surface area contributed by atoms with Crippen molar-refractivity contribution in [3.8, 4) is 11.3 Å². The van der Waals surface area contributed by atoms with Crippen LogP contribution in [0, 0.1) is 0 Å². The SMILES string of the molecule is O=C(Nc1ccc(-c2ccc(N3CCCC3)nn2)cc1)c1cccc(C(F)(F)F)c1. The molecule has 1 aromatic heterocycles. The van der Waals surface area contributed by atoms with E-state index in [1.165, 1.54) is 12.1 Å². The number of aromatic nitrogens is 2. The molecule has 1 aliphatic heterocycles. The molecule has 0 radical (unpaired) electrons. The molecular weight excluding hydrogens is 393 g/mol. The molecule has 1 aliphatic rings. The zero-order chi connectivity index (χ0) is 21.1. The first-order chi connectivity index (χ1) is 14.4. The average Bonchev–Trinajstić information content (AvgIpc) is 3.29. The minimum Gasteiger partial charge on any atom is -0.355 e. The van der Waals surface area contributed by atoms with Gasteiger partial charge < -0.3 is 10.2 Å². The summed E-state index contributed by atoms with van der Waals surface area (Å²) < 4.78 is 38.5. The molecule has 0 atom stereocenters. The molecule has 1 fully saturated rings. The summed E-state index contributed by atoms with van der Waals surface area (Å²) in [6.45, 7) is 1.99. The number of anilines is 2. The Morgan fingerprint density at radius 1 is 0.933 bits per heavy atom. The number of hydrogen-bond acceptors (Lipinski definition) is 4. The van der Waals surface area contributed by atoms with Crippen molar-refractivity contribution in [3.63, 3.8) is 0 Å². The third kappa shape index (κ3) is 4.42. The van der Waals surface area contributed by atoms with Gasteiger partial charge in [-0.25, -0.2) is 0 Å². The molecule has 30 heavy (non-hydrogen) atoms. The quantitative estimate of drug-likeness (QED) is 0.654. The van der Waals surface area contributed by atoms with Crippen LogP contribution in [0.25, 0.3) is 11.3 Å². The average molecular weight is 412 g/mol. The Kier molecular flexibility index (Phi) is 5.39. The number of carbonyl (C=O) groups is 1. The molecule has 0 unspecified atom stereocenters. The number of amides is 1. The van der Waals surface area contributed by atoms with Crippen LogP contribution < -0.4 is 10.2 Å². The topological polar surface area (TPSA) is 58.1 Å². The van der Waals surface area contributed by atoms with E-state index in [1.54, 1.807) is 24.3 Å². The van der Waals surface area contributed by atoms with Crippen molar-refractivity contribution in [2.75, 3.05) is 23.3 Å². The van der Waals surface area contributed by atoms with Crippen molar-refractivity contribution in [1.82, 2.24) is 10.2 Å². The Bertz CT molecular complexity index is 1030. The number of rotatable bonds is 4. The summed E-state index contributed by atoms with van der Waals surface area (Å²) >= 11 is 0. The summed E-state index contributed by atoms with van der Waals surface area (Å²) in [5.41, 5.74) is 1.09. The van der Waals surface area contributed by atoms with E-state index in [-0.39, 0.29) is 5.56 Å². The highest BCUT2D eigenvalue weighted by Gasteiger charge is 2.30. The van der Waals surface area contributed by atoms with Crippen molar-refractivity contribution in [3.05, 3.63) is 71.8 Å². The Labute approximate surface area is 171 Å². The summed E-state index contributed by atoms with van der Waals surface area (Å²) in [5.74, 6) is 0.254. The van der Waals surface area contributed by atoms with Gasteiger partial charge in [-0.05, 0) is 55.3 Å². The van der Waals surface area contributed by atoms with Crippen molar-refractivity contribution < 1.29 is 18.0 Å². The van der Waals surface area contributed by atoms with Gasteiger partial charge >= 0.3 is 6.18 Å². The highest BCUT2D eigenvalue weighted by molar-refractivity contribution is 6.04. The van der Waals surface area contributed by atoms with Gasteiger partial charge in [-0.3, -0.25) is 4.79 Å². The van der Waals surface area contributed by atoms with Crippen LogP contribution in [0.3, 0.4) is 0 Å². The first-order valence-corrected chi connectivity index (χ1v) is 9.58. The highest BCUT2D eigenvalue weighted by Crippen LogP contribution is 2.30. The number of nitrogens with one attached hydrogen (secondary N) is 1. The van der Waals surface area contributed by atoms with Gasteiger partial charge in [0.05, 0.1) is 11.3 Å². The summed E-state index contributed by atoms with van der Waals surface area (Å²) in [6.07, 6.45) is -2.17. The largest absolute Gasteiger partial charge is 0.416 e. The fourth-order valence-electron chi connectivity index (χ4n) is 3.36. The summed E-state index contributed by atoms with van der Waals surface area (Å²) in [4.78, 5) is 14.5. The Morgan fingerprint density at radius 3 is 2.30 bits per heavy atom. The fraction of sp³-hybridized carbons (Fsp3) is 0.227. The standard InChI is InChI=1S/C22H19F3N4O/c23-22(24,25)17-5-3-4-16(14-17)21(30)26-18-8-6-15(7-9-18)19-10-11-20(28-27-19)29-12-1-2-13-29/h3-11,14H,1-2,12-13H2,(H,26,30). The Morgan fingerprint density at radius 2 is 1.67 bits per heavy atom. The minimum atomic E-state index is -4.50. The number of halogens is 3. The third-order valence-corrected chi connectivity index (χ3v) is 4.97. The molecule has 0 bridgehead atoms. The van der Waals surface area contributed by atoms with E-state index in [9.17, 15) is 18.0 Å². The molecule has 2 aromatic carbocycles. The molecule has 8 heteroatoms. The minimum absolute atomic E-state index is 0.0581. The highest BCUT2D eigenvalue weighted by atomic mass is 19.4. The number of benzene rings is 2. The second kappa shape index (κ2) is 8.14. The second-order valence-electron chi connectivity index (χ2n) is 7.08. The molecule has 1 amide bonds. The number of nitrogens with zero attached hydrogens (tertiary/aromatic N) is 3. The van der Waals surface area contributed by atoms with E-state index in [4.69, 9.17) is 0 Å². The van der Waals surface area contributed by atoms with Gasteiger partial charge in [-0.1, -0.05) is 18.2 Å². The molecule has 0 spiro atoms. The molecule has 1 saturated heterocycles. The molecule has 0 saturated carbocycles. The van der Waals surface area contributed by atoms with Crippen molar-refractivity contribution in [2.24, 2.45) is 0 Å². The maximum absolute atomic E-state index is 12.8. The van der Waals surface area contributed by atoms with Crippen LogP contribution in [0.15, 0.2) is 60.7 Å². The lowest BCUT2D eigenvalue weighted by Gasteiger charge is -2.15. The lowest BCUT2D eigenvalue weighted by atomic mass is 10.1. The van der Waals surface area contributed by atoms with E-state index in [2.05, 4.69) is 20.4 Å². The Hall–Kier alpha value is -3.42. The lowest BCUT2D eigenvalue weighted by Crippen LogP contribution is -2.19. The third-order valence-electron chi connectivity index (χ3n) is 4.97. The van der Waals surface area contributed by atoms with E-state index in [1.807, 2.05) is 12.1 Å². The number of alkyl halides is 3. The van der Waals surface area contributed by atoms with Gasteiger partial charge in [0.15, 0.2) is 5.82 Å². The van der Waals surface area contributed by atoms with E-state index in [0.29, 0.717) is 11.4 Å². The number of carbonyl (C=O) groups excluding carboxylic acids is 1. The lowest BCUT2D eigenvalue weighted by molar-refractivity contribution is -0.137. The second-order valence-corrected chi connectivity index (χ2v) is 7.08. The van der Waals surface area contributed by atoms with Gasteiger partial charge in [0.1, 0.15) is 0 Å². The summed E-state index contributed by atoms with van der Waals surface area (Å²) in [7, 11) is 0. The summed E-state index contributed by atoms with van der Waals surface area (Å²) in [6, 6.07) is 15.1. The van der Waals surface area contributed by atoms with Gasteiger partial charge in [-0.2, -0.15) is 13.2 Å². The van der Waals surface area contributed by atoms with Crippen molar-refractivity contribution in [2.45, 2.75) is 19.0 Å². The van der Waals surface area contributed by atoms with Gasteiger partial charge in [0.2, 0.25) is 0 Å². The fourth-order valence-corrected chi connectivity index (χ4v) is 3.36. The predicted octanol–water partition coefficient (Wildman–Crippen LogP) is 5.01. The zero-order valence-electron chi connectivity index (χ0n) is 16.0. The first kappa shape index (κ1) is 19.9. The summed E-state index contributed by atoms with van der Waals surface area (Å²) in [5, 5.41) is 11.2. The van der Waals surface area contributed by atoms with Crippen LogP contribution in [-0.4, -0.2) is 29.2 Å². The van der Waals surface area contributed by atoms with Crippen LogP contribution in [0.4, 0.5) is 24.7 Å². The molecule has 0 aliphatic carbocycles. The zero-order valence-corrected chi connectivity index (χ0v) is 16.0. The molecular formula is C22H19F3N4O. The molecule has 1 N–H and O–H groups in total. The maximum Gasteiger partial charge on any atom is 0.416 e. The Balaban J connectivity index is 1.44. The number of hydrogen-bond donors (Lipinski definition) is 1. The molecule has 3 aromatic rings. The van der Waals surface area contributed by atoms with E-state index < -0.39 is 17.6 Å². The molecule has 154 valence electrons. The molecule has 4 rings (SSSR count). The van der Waals surface area contributed by atoms with Crippen molar-refractivity contribution >= 4 is 17.4 Å². The van der Waals surface area contributed by atoms with Crippen LogP contribution in [0.1, 0.15) is 28.8 Å². The molecule has 5 nitrogen and oxygen atoms in total. The molecule has 2 heterocycles. The van der Waals surface area contributed by atoms with Crippen molar-refractivity contribution in [1.29, 1.82) is 0 Å². The van der Waals surface area contributed by atoms with Crippen LogP contribution in [0.5, 0.6) is 0 Å². The van der Waals surface area contributed by atoms with Gasteiger partial charge in [0, 0.05) is 29.9 Å². The smallest absolute Gasteiger partial charge is 0.355 e. The van der Waals surface area contributed by atoms with Crippen LogP contribution in [-0.2, 0) is 6.18 Å². The predicted molar refractivity (Wildman–Crippen MR) is 108 cm³/mol. The maximum atomic E-state index is 12.8. The van der Waals surface area contributed by atoms with Gasteiger partial charge in [0.25, 0.3) is 5.91 Å². The monoisotopic (exact) mass is 412 g/mol. The normalized spacial score (nSPS) is 14.0. The first-order valence-electron chi connectivity index (χ1n) is 9.58. The van der Waals surface area contributed by atoms with Gasteiger partial charge in [-0.15, -0.1) is 10.2 Å². The van der Waals surface area contributed by atoms with Crippen LogP contribution in [0.2, 0.25) is 0 Å². The van der Waals surface area contributed by atoms with Crippen LogP contribution >= 0.6 is 0 Å². The van der Waals surface area contributed by atoms with E-state index in [0.717, 1.165) is 49.4 Å². The van der Waals surface area contributed by atoms with E-state index >= 15 is 0 Å².